The molecule has 0 aliphatic rings. The number of urea groups is 1. The third kappa shape index (κ3) is 5.72. The number of carbonyl (C=O) groups is 1. The van der Waals surface area contributed by atoms with Crippen molar-refractivity contribution in [2.45, 2.75) is 32.9 Å². The molecule has 0 spiro atoms. The van der Waals surface area contributed by atoms with Crippen molar-refractivity contribution >= 4 is 6.03 Å². The van der Waals surface area contributed by atoms with E-state index in [0.29, 0.717) is 11.1 Å². The van der Waals surface area contributed by atoms with Gasteiger partial charge in [-0.25, -0.2) is 9.18 Å². The van der Waals surface area contributed by atoms with Crippen molar-refractivity contribution in [1.82, 2.24) is 10.6 Å². The molecule has 0 bridgehead atoms. The van der Waals surface area contributed by atoms with E-state index in [9.17, 15) is 9.18 Å². The Morgan fingerprint density at radius 1 is 1.40 bits per heavy atom. The minimum atomic E-state index is -0.376. The van der Waals surface area contributed by atoms with Crippen molar-refractivity contribution < 1.29 is 9.18 Å². The molecule has 0 heterocycles. The van der Waals surface area contributed by atoms with E-state index >= 15 is 0 Å². The Balaban J connectivity index is 2.70. The molecule has 4 N–H and O–H groups in total. The van der Waals surface area contributed by atoms with Gasteiger partial charge >= 0.3 is 6.03 Å². The molecule has 0 aromatic heterocycles. The van der Waals surface area contributed by atoms with E-state index in [1.807, 2.05) is 20.8 Å². The maximum atomic E-state index is 13.6. The number of carbonyl (C=O) groups excluding carboxylic acids is 1. The summed E-state index contributed by atoms with van der Waals surface area (Å²) in [5.41, 5.74) is 6.01. The van der Waals surface area contributed by atoms with Crippen LogP contribution in [0.3, 0.4) is 0 Å². The Labute approximate surface area is 118 Å². The first-order valence-electron chi connectivity index (χ1n) is 6.35. The molecular formula is C15H20FN3O. The van der Waals surface area contributed by atoms with Gasteiger partial charge in [0.1, 0.15) is 5.82 Å². The van der Waals surface area contributed by atoms with Gasteiger partial charge in [0.05, 0.1) is 6.54 Å². The Morgan fingerprint density at radius 3 is 2.70 bits per heavy atom. The van der Waals surface area contributed by atoms with E-state index in [2.05, 4.69) is 22.5 Å². The number of amides is 2. The fourth-order valence-electron chi connectivity index (χ4n) is 1.50. The van der Waals surface area contributed by atoms with Crippen molar-refractivity contribution in [1.29, 1.82) is 0 Å². The van der Waals surface area contributed by atoms with E-state index in [1.54, 1.807) is 12.1 Å². The molecule has 0 unspecified atom stereocenters. The van der Waals surface area contributed by atoms with E-state index in [0.717, 1.165) is 0 Å². The molecule has 0 saturated carbocycles. The predicted octanol–water partition coefficient (Wildman–Crippen LogP) is 1.73. The number of halogens is 1. The lowest BCUT2D eigenvalue weighted by Crippen LogP contribution is -2.46. The van der Waals surface area contributed by atoms with Crippen molar-refractivity contribution in [3.05, 3.63) is 35.1 Å². The lowest BCUT2D eigenvalue weighted by Gasteiger charge is -2.20. The van der Waals surface area contributed by atoms with Crippen LogP contribution in [0, 0.1) is 17.7 Å². The molecule has 0 aliphatic heterocycles. The maximum absolute atomic E-state index is 13.6. The smallest absolute Gasteiger partial charge is 0.315 e. The Kier molecular flexibility index (Phi) is 5.53. The van der Waals surface area contributed by atoms with Crippen molar-refractivity contribution in [3.8, 4) is 11.8 Å². The molecular weight excluding hydrogens is 257 g/mol. The quantitative estimate of drug-likeness (QED) is 0.721. The minimum absolute atomic E-state index is 0.103. The monoisotopic (exact) mass is 277 g/mol. The average Bonchev–Trinajstić information content (AvgIpc) is 2.34. The summed E-state index contributed by atoms with van der Waals surface area (Å²) in [6.07, 6.45) is 0. The summed E-state index contributed by atoms with van der Waals surface area (Å²) < 4.78 is 13.6. The van der Waals surface area contributed by atoms with Crippen LogP contribution in [0.1, 0.15) is 31.9 Å². The molecule has 20 heavy (non-hydrogen) atoms. The van der Waals surface area contributed by atoms with Crippen LogP contribution in [0.2, 0.25) is 0 Å². The molecule has 4 nitrogen and oxygen atoms in total. The summed E-state index contributed by atoms with van der Waals surface area (Å²) in [7, 11) is 0. The zero-order chi connectivity index (χ0) is 15.2. The highest BCUT2D eigenvalue weighted by molar-refractivity contribution is 5.74. The van der Waals surface area contributed by atoms with Crippen LogP contribution in [-0.4, -0.2) is 18.1 Å². The van der Waals surface area contributed by atoms with Gasteiger partial charge in [0.15, 0.2) is 0 Å². The Hall–Kier alpha value is -2.06. The molecule has 0 saturated heterocycles. The fourth-order valence-corrected chi connectivity index (χ4v) is 1.50. The van der Waals surface area contributed by atoms with Gasteiger partial charge in [0, 0.05) is 23.2 Å². The Morgan fingerprint density at radius 2 is 2.10 bits per heavy atom. The molecule has 1 aromatic carbocycles. The van der Waals surface area contributed by atoms with Gasteiger partial charge in [-0.05, 0) is 39.0 Å². The van der Waals surface area contributed by atoms with Crippen LogP contribution in [0.5, 0.6) is 0 Å². The van der Waals surface area contributed by atoms with Crippen LogP contribution in [0.25, 0.3) is 0 Å². The van der Waals surface area contributed by atoms with Gasteiger partial charge in [0.2, 0.25) is 0 Å². The molecule has 0 fully saturated rings. The van der Waals surface area contributed by atoms with Gasteiger partial charge in [-0.1, -0.05) is 11.8 Å². The molecule has 0 atom stereocenters. The highest BCUT2D eigenvalue weighted by Crippen LogP contribution is 2.10. The minimum Gasteiger partial charge on any atom is -0.334 e. The zero-order valence-corrected chi connectivity index (χ0v) is 12.0. The molecule has 5 heteroatoms. The molecule has 0 radical (unpaired) electrons. The first-order chi connectivity index (χ1) is 9.31. The highest BCUT2D eigenvalue weighted by Gasteiger charge is 2.13. The van der Waals surface area contributed by atoms with Crippen LogP contribution in [-0.2, 0) is 6.54 Å². The normalized spacial score (nSPS) is 10.4. The lowest BCUT2D eigenvalue weighted by molar-refractivity contribution is 0.231. The number of hydrogen-bond donors (Lipinski definition) is 3. The molecule has 1 aromatic rings. The SMILES string of the molecule is CC(C)(C)NC(=O)NCc1cc(C#CCN)ccc1F. The third-order valence-electron chi connectivity index (χ3n) is 2.31. The number of benzene rings is 1. The van der Waals surface area contributed by atoms with Gasteiger partial charge < -0.3 is 16.4 Å². The Bertz CT molecular complexity index is 538. The number of nitrogens with one attached hydrogen (secondary N) is 2. The van der Waals surface area contributed by atoms with Crippen LogP contribution < -0.4 is 16.4 Å². The second-order valence-corrected chi connectivity index (χ2v) is 5.37. The third-order valence-corrected chi connectivity index (χ3v) is 2.31. The van der Waals surface area contributed by atoms with Crippen molar-refractivity contribution in [2.24, 2.45) is 5.73 Å². The van der Waals surface area contributed by atoms with E-state index < -0.39 is 0 Å². The first-order valence-corrected chi connectivity index (χ1v) is 6.35. The van der Waals surface area contributed by atoms with E-state index in [4.69, 9.17) is 5.73 Å². The summed E-state index contributed by atoms with van der Waals surface area (Å²) in [5.74, 6) is 5.16. The molecule has 0 aliphatic carbocycles. The topological polar surface area (TPSA) is 67.2 Å². The summed E-state index contributed by atoms with van der Waals surface area (Å²) in [6, 6.07) is 4.18. The van der Waals surface area contributed by atoms with E-state index in [1.165, 1.54) is 6.07 Å². The fraction of sp³-hybridized carbons (Fsp3) is 0.400. The number of nitrogens with two attached hydrogens (primary N) is 1. The first kappa shape index (κ1) is 16.0. The van der Waals surface area contributed by atoms with Crippen molar-refractivity contribution in [3.63, 3.8) is 0 Å². The summed E-state index contributed by atoms with van der Waals surface area (Å²) in [6.45, 7) is 5.97. The van der Waals surface area contributed by atoms with Crippen LogP contribution in [0.15, 0.2) is 18.2 Å². The summed E-state index contributed by atoms with van der Waals surface area (Å²) >= 11 is 0. The van der Waals surface area contributed by atoms with Crippen LogP contribution in [0.4, 0.5) is 9.18 Å². The second kappa shape index (κ2) is 6.92. The second-order valence-electron chi connectivity index (χ2n) is 5.37. The maximum Gasteiger partial charge on any atom is 0.315 e. The van der Waals surface area contributed by atoms with Crippen molar-refractivity contribution in [2.75, 3.05) is 6.54 Å². The van der Waals surface area contributed by atoms with Gasteiger partial charge in [-0.15, -0.1) is 0 Å². The highest BCUT2D eigenvalue weighted by atomic mass is 19.1. The molecule has 1 rings (SSSR count). The molecule has 108 valence electrons. The summed E-state index contributed by atoms with van der Waals surface area (Å²) in [4.78, 5) is 11.6. The zero-order valence-electron chi connectivity index (χ0n) is 12.0. The van der Waals surface area contributed by atoms with Gasteiger partial charge in [-0.3, -0.25) is 0 Å². The predicted molar refractivity (Wildman–Crippen MR) is 77.5 cm³/mol. The average molecular weight is 277 g/mol. The van der Waals surface area contributed by atoms with Gasteiger partial charge in [-0.2, -0.15) is 0 Å². The number of rotatable bonds is 2. The standard InChI is InChI=1S/C15H20FN3O/c1-15(2,3)19-14(20)18-10-12-9-11(5-4-8-17)6-7-13(12)16/h6-7,9H,8,10,17H2,1-3H3,(H2,18,19,20). The van der Waals surface area contributed by atoms with Gasteiger partial charge in [0.25, 0.3) is 0 Å². The van der Waals surface area contributed by atoms with E-state index in [-0.39, 0.29) is 30.5 Å². The van der Waals surface area contributed by atoms with Crippen LogP contribution >= 0.6 is 0 Å². The largest absolute Gasteiger partial charge is 0.334 e. The molecule has 2 amide bonds. The lowest BCUT2D eigenvalue weighted by atomic mass is 10.1. The number of hydrogen-bond acceptors (Lipinski definition) is 2. The summed E-state index contributed by atoms with van der Waals surface area (Å²) in [5, 5.41) is 5.36.